The second kappa shape index (κ2) is 9.33. The van der Waals surface area contributed by atoms with Crippen molar-refractivity contribution >= 4 is 43.8 Å². The van der Waals surface area contributed by atoms with Crippen LogP contribution >= 0.6 is 15.9 Å². The quantitative estimate of drug-likeness (QED) is 0.365. The molecule has 1 saturated carbocycles. The summed E-state index contributed by atoms with van der Waals surface area (Å²) in [4.78, 5) is 35.6. The Hall–Kier alpha value is -3.24. The van der Waals surface area contributed by atoms with Gasteiger partial charge in [0.25, 0.3) is 0 Å². The first-order valence-corrected chi connectivity index (χ1v) is 13.0. The molecule has 0 radical (unpaired) electrons. The Balaban J connectivity index is 1.31. The summed E-state index contributed by atoms with van der Waals surface area (Å²) in [5.41, 5.74) is 2.26. The molecule has 186 valence electrons. The molecule has 1 amide bonds. The Morgan fingerprint density at radius 1 is 1.22 bits per heavy atom. The molecule has 2 aromatic carbocycles. The summed E-state index contributed by atoms with van der Waals surface area (Å²) in [7, 11) is 0. The SMILES string of the molecule is O=C(Cc1nn(Cc2nc3cc(OCC4CC4)c(Br)cc3[nH]2)c2ccccc2c1=O)N1CC[C@@H](O)C1. The molecule has 2 aliphatic rings. The van der Waals surface area contributed by atoms with Gasteiger partial charge in [-0.25, -0.2) is 4.98 Å². The number of amides is 1. The number of aromatic amines is 1. The summed E-state index contributed by atoms with van der Waals surface area (Å²) in [6.45, 7) is 1.80. The van der Waals surface area contributed by atoms with Gasteiger partial charge in [-0.2, -0.15) is 5.10 Å². The van der Waals surface area contributed by atoms with Crippen molar-refractivity contribution in [1.29, 1.82) is 0 Å². The van der Waals surface area contributed by atoms with Crippen LogP contribution in [0, 0.1) is 5.92 Å². The van der Waals surface area contributed by atoms with E-state index in [0.717, 1.165) is 21.3 Å². The average Bonchev–Trinajstić information content (AvgIpc) is 3.47. The van der Waals surface area contributed by atoms with Crippen molar-refractivity contribution in [1.82, 2.24) is 24.6 Å². The molecule has 2 fully saturated rings. The summed E-state index contributed by atoms with van der Waals surface area (Å²) in [6, 6.07) is 11.1. The predicted octanol–water partition coefficient (Wildman–Crippen LogP) is 3.01. The van der Waals surface area contributed by atoms with Gasteiger partial charge in [-0.3, -0.25) is 14.3 Å². The van der Waals surface area contributed by atoms with Gasteiger partial charge < -0.3 is 19.7 Å². The molecule has 10 heteroatoms. The van der Waals surface area contributed by atoms with E-state index < -0.39 is 6.10 Å². The molecule has 1 aliphatic carbocycles. The maximum atomic E-state index is 13.1. The molecule has 3 heterocycles. The monoisotopic (exact) mass is 551 g/mol. The predicted molar refractivity (Wildman–Crippen MR) is 138 cm³/mol. The topological polar surface area (TPSA) is 113 Å². The maximum Gasteiger partial charge on any atom is 0.228 e. The zero-order chi connectivity index (χ0) is 24.8. The molecule has 9 nitrogen and oxygen atoms in total. The standard InChI is InChI=1S/C26H26BrN5O4/c27-18-9-19-20(10-23(18)36-14-15-5-6-15)29-24(28-19)13-32-22-4-2-1-3-17(22)26(35)21(30-32)11-25(34)31-8-7-16(33)12-31/h1-4,9-10,15-16,33H,5-8,11-14H2,(H,28,29)/t16-/m1/s1. The lowest BCUT2D eigenvalue weighted by atomic mass is 10.1. The second-order valence-electron chi connectivity index (χ2n) is 9.65. The Morgan fingerprint density at radius 2 is 2.06 bits per heavy atom. The first-order valence-electron chi connectivity index (χ1n) is 12.2. The summed E-state index contributed by atoms with van der Waals surface area (Å²) < 4.78 is 8.55. The van der Waals surface area contributed by atoms with Crippen LogP contribution in [-0.4, -0.2) is 61.5 Å². The van der Waals surface area contributed by atoms with Crippen molar-refractivity contribution in [2.24, 2.45) is 5.92 Å². The highest BCUT2D eigenvalue weighted by Crippen LogP contribution is 2.33. The highest BCUT2D eigenvalue weighted by atomic mass is 79.9. The Labute approximate surface area is 215 Å². The largest absolute Gasteiger partial charge is 0.492 e. The molecule has 2 aromatic heterocycles. The number of hydrogen-bond acceptors (Lipinski definition) is 6. The number of β-amino-alcohol motifs (C(OH)–C–C–N with tert-alkyl or cyclic N) is 1. The van der Waals surface area contributed by atoms with Crippen LogP contribution in [0.2, 0.25) is 0 Å². The van der Waals surface area contributed by atoms with Gasteiger partial charge in [-0.15, -0.1) is 0 Å². The number of carbonyl (C=O) groups is 1. The number of rotatable bonds is 7. The summed E-state index contributed by atoms with van der Waals surface area (Å²) in [5, 5.41) is 14.9. The third-order valence-electron chi connectivity index (χ3n) is 6.82. The first kappa shape index (κ1) is 23.2. The highest BCUT2D eigenvalue weighted by molar-refractivity contribution is 9.10. The van der Waals surface area contributed by atoms with Gasteiger partial charge in [0.2, 0.25) is 11.3 Å². The molecule has 0 spiro atoms. The lowest BCUT2D eigenvalue weighted by Gasteiger charge is -2.16. The number of halogens is 1. The van der Waals surface area contributed by atoms with E-state index in [4.69, 9.17) is 9.72 Å². The van der Waals surface area contributed by atoms with Gasteiger partial charge in [-0.1, -0.05) is 12.1 Å². The van der Waals surface area contributed by atoms with Crippen molar-refractivity contribution in [2.75, 3.05) is 19.7 Å². The van der Waals surface area contributed by atoms with Gasteiger partial charge in [-0.05, 0) is 59.3 Å². The summed E-state index contributed by atoms with van der Waals surface area (Å²) >= 11 is 3.59. The van der Waals surface area contributed by atoms with Crippen LogP contribution in [0.1, 0.15) is 30.8 Å². The van der Waals surface area contributed by atoms with E-state index >= 15 is 0 Å². The van der Waals surface area contributed by atoms with Crippen LogP contribution < -0.4 is 10.2 Å². The van der Waals surface area contributed by atoms with Crippen LogP contribution in [0.3, 0.4) is 0 Å². The highest BCUT2D eigenvalue weighted by Gasteiger charge is 2.26. The van der Waals surface area contributed by atoms with E-state index in [-0.39, 0.29) is 23.5 Å². The third-order valence-corrected chi connectivity index (χ3v) is 7.44. The van der Waals surface area contributed by atoms with E-state index in [1.54, 1.807) is 21.7 Å². The normalized spacial score (nSPS) is 17.8. The number of ether oxygens (including phenoxy) is 1. The zero-order valence-corrected chi connectivity index (χ0v) is 21.2. The zero-order valence-electron chi connectivity index (χ0n) is 19.6. The van der Waals surface area contributed by atoms with E-state index in [9.17, 15) is 14.7 Å². The molecule has 1 atom stereocenters. The number of benzene rings is 2. The number of aliphatic hydroxyl groups excluding tert-OH is 1. The second-order valence-corrected chi connectivity index (χ2v) is 10.5. The van der Waals surface area contributed by atoms with E-state index in [0.29, 0.717) is 55.3 Å². The molecule has 4 aromatic rings. The minimum Gasteiger partial charge on any atom is -0.492 e. The van der Waals surface area contributed by atoms with Gasteiger partial charge in [0.05, 0.1) is 46.7 Å². The average molecular weight is 552 g/mol. The number of imidazole rings is 1. The molecule has 1 aliphatic heterocycles. The number of fused-ring (bicyclic) bond motifs is 2. The third kappa shape index (κ3) is 4.62. The Kier molecular flexibility index (Phi) is 6.00. The van der Waals surface area contributed by atoms with E-state index in [1.807, 2.05) is 24.3 Å². The number of carbonyl (C=O) groups excluding carboxylic acids is 1. The van der Waals surface area contributed by atoms with Crippen molar-refractivity contribution in [2.45, 2.75) is 38.3 Å². The Morgan fingerprint density at radius 3 is 2.83 bits per heavy atom. The number of nitrogens with one attached hydrogen (secondary N) is 1. The fourth-order valence-corrected chi connectivity index (χ4v) is 5.09. The minimum absolute atomic E-state index is 0.106. The smallest absolute Gasteiger partial charge is 0.228 e. The molecule has 36 heavy (non-hydrogen) atoms. The molecular weight excluding hydrogens is 526 g/mol. The fraction of sp³-hybridized carbons (Fsp3) is 0.385. The van der Waals surface area contributed by atoms with Crippen LogP contribution in [0.25, 0.3) is 21.9 Å². The van der Waals surface area contributed by atoms with Crippen molar-refractivity contribution in [3.05, 3.63) is 62.6 Å². The molecule has 0 unspecified atom stereocenters. The van der Waals surface area contributed by atoms with Crippen LogP contribution in [0.15, 0.2) is 45.7 Å². The maximum absolute atomic E-state index is 13.1. The van der Waals surface area contributed by atoms with Gasteiger partial charge in [0.15, 0.2) is 0 Å². The van der Waals surface area contributed by atoms with Gasteiger partial charge >= 0.3 is 0 Å². The molecule has 1 saturated heterocycles. The van der Waals surface area contributed by atoms with Gasteiger partial charge in [0, 0.05) is 24.5 Å². The summed E-state index contributed by atoms with van der Waals surface area (Å²) in [6.07, 6.45) is 2.38. The van der Waals surface area contributed by atoms with E-state index in [2.05, 4.69) is 26.0 Å². The fourth-order valence-electron chi connectivity index (χ4n) is 4.63. The van der Waals surface area contributed by atoms with Crippen LogP contribution in [0.5, 0.6) is 5.75 Å². The summed E-state index contributed by atoms with van der Waals surface area (Å²) in [5.74, 6) is 1.90. The lowest BCUT2D eigenvalue weighted by molar-refractivity contribution is -0.129. The van der Waals surface area contributed by atoms with Crippen molar-refractivity contribution in [3.8, 4) is 5.75 Å². The van der Waals surface area contributed by atoms with Crippen LogP contribution in [0.4, 0.5) is 0 Å². The number of aromatic nitrogens is 4. The molecule has 2 N–H and O–H groups in total. The number of para-hydroxylation sites is 1. The van der Waals surface area contributed by atoms with Gasteiger partial charge in [0.1, 0.15) is 17.3 Å². The Bertz CT molecular complexity index is 1530. The lowest BCUT2D eigenvalue weighted by Crippen LogP contribution is -2.33. The molecule has 6 rings (SSSR count). The number of H-pyrrole nitrogens is 1. The number of likely N-dealkylation sites (tertiary alicyclic amines) is 1. The first-order chi connectivity index (χ1) is 17.4. The number of nitrogens with zero attached hydrogens (tertiary/aromatic N) is 4. The number of aliphatic hydroxyl groups is 1. The minimum atomic E-state index is -0.511. The van der Waals surface area contributed by atoms with Crippen molar-refractivity contribution < 1.29 is 14.6 Å². The van der Waals surface area contributed by atoms with E-state index in [1.165, 1.54) is 12.8 Å². The number of hydrogen-bond donors (Lipinski definition) is 2. The van der Waals surface area contributed by atoms with Crippen LogP contribution in [-0.2, 0) is 17.8 Å². The van der Waals surface area contributed by atoms with Crippen molar-refractivity contribution in [3.63, 3.8) is 0 Å². The molecular formula is C26H26BrN5O4. The molecule has 0 bridgehead atoms.